The van der Waals surface area contributed by atoms with Crippen LogP contribution in [0.1, 0.15) is 13.8 Å². The lowest BCUT2D eigenvalue weighted by atomic mass is 10.3. The van der Waals surface area contributed by atoms with E-state index < -0.39 is 12.1 Å². The number of rotatable bonds is 9. The average molecular weight is 247 g/mol. The number of carbonyl (C=O) groups excluding carboxylic acids is 1. The number of hydrogen-bond acceptors (Lipinski definition) is 5. The molecular formula is C11H21NO3S. The Morgan fingerprint density at radius 1 is 1.62 bits per heavy atom. The van der Waals surface area contributed by atoms with Crippen LogP contribution in [0, 0.1) is 0 Å². The van der Waals surface area contributed by atoms with Crippen molar-refractivity contribution < 1.29 is 14.6 Å². The number of aliphatic hydroxyl groups is 1. The molecule has 0 aliphatic heterocycles. The first-order valence-electron chi connectivity index (χ1n) is 5.37. The minimum absolute atomic E-state index is 0.0135. The van der Waals surface area contributed by atoms with Gasteiger partial charge in [0.25, 0.3) is 0 Å². The SMILES string of the molecule is C=C(C)C(=O)OCC(O)CNCCSCC. The first-order chi connectivity index (χ1) is 7.57. The fourth-order valence-corrected chi connectivity index (χ4v) is 1.49. The van der Waals surface area contributed by atoms with Crippen LogP contribution in [0.2, 0.25) is 0 Å². The molecule has 0 bridgehead atoms. The standard InChI is InChI=1S/C11H21NO3S/c1-4-16-6-5-12-7-10(13)8-15-11(14)9(2)3/h10,12-13H,2,4-8H2,1,3H3. The minimum atomic E-state index is -0.657. The smallest absolute Gasteiger partial charge is 0.333 e. The van der Waals surface area contributed by atoms with Crippen LogP contribution in [0.3, 0.4) is 0 Å². The van der Waals surface area contributed by atoms with E-state index in [1.54, 1.807) is 6.92 Å². The predicted molar refractivity (Wildman–Crippen MR) is 67.6 cm³/mol. The van der Waals surface area contributed by atoms with Crippen LogP contribution in [0.5, 0.6) is 0 Å². The molecule has 0 aromatic heterocycles. The maximum Gasteiger partial charge on any atom is 0.333 e. The summed E-state index contributed by atoms with van der Waals surface area (Å²) in [6.07, 6.45) is -0.657. The van der Waals surface area contributed by atoms with Crippen molar-refractivity contribution in [2.24, 2.45) is 0 Å². The van der Waals surface area contributed by atoms with E-state index in [1.165, 1.54) is 0 Å². The molecule has 0 heterocycles. The maximum atomic E-state index is 11.0. The van der Waals surface area contributed by atoms with Crippen LogP contribution < -0.4 is 5.32 Å². The van der Waals surface area contributed by atoms with Crippen LogP contribution in [-0.2, 0) is 9.53 Å². The molecule has 1 atom stereocenters. The monoisotopic (exact) mass is 247 g/mol. The zero-order valence-electron chi connectivity index (χ0n) is 9.99. The number of aliphatic hydroxyl groups excluding tert-OH is 1. The lowest BCUT2D eigenvalue weighted by molar-refractivity contribution is -0.141. The Labute approximate surface area is 101 Å². The highest BCUT2D eigenvalue weighted by Crippen LogP contribution is 1.96. The fraction of sp³-hybridized carbons (Fsp3) is 0.727. The Bertz CT molecular complexity index is 221. The Morgan fingerprint density at radius 2 is 2.31 bits per heavy atom. The topological polar surface area (TPSA) is 58.6 Å². The molecule has 94 valence electrons. The van der Waals surface area contributed by atoms with Gasteiger partial charge in [-0.2, -0.15) is 11.8 Å². The summed E-state index contributed by atoms with van der Waals surface area (Å²) in [5.41, 5.74) is 0.347. The van der Waals surface area contributed by atoms with E-state index in [2.05, 4.69) is 18.8 Å². The second kappa shape index (κ2) is 9.69. The molecular weight excluding hydrogens is 226 g/mol. The molecule has 0 spiro atoms. The number of hydrogen-bond donors (Lipinski definition) is 2. The van der Waals surface area contributed by atoms with Crippen molar-refractivity contribution >= 4 is 17.7 Å². The molecule has 0 saturated heterocycles. The zero-order chi connectivity index (χ0) is 12.4. The lowest BCUT2D eigenvalue weighted by Crippen LogP contribution is -2.32. The largest absolute Gasteiger partial charge is 0.460 e. The molecule has 2 N–H and O–H groups in total. The van der Waals surface area contributed by atoms with Gasteiger partial charge >= 0.3 is 5.97 Å². The van der Waals surface area contributed by atoms with Crippen molar-refractivity contribution in [3.63, 3.8) is 0 Å². The summed E-state index contributed by atoms with van der Waals surface area (Å²) in [4.78, 5) is 11.0. The number of ether oxygens (including phenoxy) is 1. The third-order valence-corrected chi connectivity index (χ3v) is 2.66. The van der Waals surface area contributed by atoms with Crippen LogP contribution >= 0.6 is 11.8 Å². The molecule has 5 heteroatoms. The lowest BCUT2D eigenvalue weighted by Gasteiger charge is -2.12. The molecule has 16 heavy (non-hydrogen) atoms. The van der Waals surface area contributed by atoms with Gasteiger partial charge in [-0.1, -0.05) is 13.5 Å². The molecule has 0 aliphatic carbocycles. The first-order valence-corrected chi connectivity index (χ1v) is 6.52. The van der Waals surface area contributed by atoms with Crippen LogP contribution in [0.25, 0.3) is 0 Å². The maximum absolute atomic E-state index is 11.0. The molecule has 0 aromatic rings. The summed E-state index contributed by atoms with van der Waals surface area (Å²) in [6.45, 7) is 8.44. The number of thioether (sulfide) groups is 1. The normalized spacial score (nSPS) is 12.2. The van der Waals surface area contributed by atoms with Gasteiger partial charge in [0.2, 0.25) is 0 Å². The highest BCUT2D eigenvalue weighted by atomic mass is 32.2. The van der Waals surface area contributed by atoms with E-state index >= 15 is 0 Å². The third-order valence-electron chi connectivity index (χ3n) is 1.76. The van der Waals surface area contributed by atoms with E-state index in [0.717, 1.165) is 18.1 Å². The molecule has 0 saturated carbocycles. The summed E-state index contributed by atoms with van der Waals surface area (Å²) < 4.78 is 4.81. The van der Waals surface area contributed by atoms with Crippen molar-refractivity contribution in [1.82, 2.24) is 5.32 Å². The molecule has 0 rings (SSSR count). The van der Waals surface area contributed by atoms with Gasteiger partial charge in [-0.3, -0.25) is 0 Å². The molecule has 0 aromatic carbocycles. The quantitative estimate of drug-likeness (QED) is 0.359. The minimum Gasteiger partial charge on any atom is -0.460 e. The Hall–Kier alpha value is -0.520. The molecule has 0 aliphatic rings. The summed E-state index contributed by atoms with van der Waals surface area (Å²) in [6, 6.07) is 0. The van der Waals surface area contributed by atoms with Gasteiger partial charge in [-0.15, -0.1) is 0 Å². The van der Waals surface area contributed by atoms with E-state index in [0.29, 0.717) is 12.1 Å². The average Bonchev–Trinajstić information content (AvgIpc) is 2.25. The van der Waals surface area contributed by atoms with Crippen molar-refractivity contribution in [2.45, 2.75) is 20.0 Å². The molecule has 0 fully saturated rings. The molecule has 4 nitrogen and oxygen atoms in total. The Balaban J connectivity index is 3.41. The van der Waals surface area contributed by atoms with E-state index in [1.807, 2.05) is 11.8 Å². The summed E-state index contributed by atoms with van der Waals surface area (Å²) >= 11 is 1.84. The summed E-state index contributed by atoms with van der Waals surface area (Å²) in [5, 5.41) is 12.5. The number of nitrogens with one attached hydrogen (secondary N) is 1. The number of esters is 1. The predicted octanol–water partition coefficient (Wildman–Crippen LogP) is 0.809. The molecule has 1 unspecified atom stereocenters. The van der Waals surface area contributed by atoms with Gasteiger partial charge in [0, 0.05) is 24.4 Å². The van der Waals surface area contributed by atoms with Gasteiger partial charge in [0.1, 0.15) is 12.7 Å². The van der Waals surface area contributed by atoms with Gasteiger partial charge in [-0.05, 0) is 12.7 Å². The fourth-order valence-electron chi connectivity index (χ4n) is 0.911. The molecule has 0 radical (unpaired) electrons. The highest BCUT2D eigenvalue weighted by Gasteiger charge is 2.08. The van der Waals surface area contributed by atoms with E-state index in [4.69, 9.17) is 4.74 Å². The van der Waals surface area contributed by atoms with Crippen molar-refractivity contribution in [3.8, 4) is 0 Å². The van der Waals surface area contributed by atoms with E-state index in [-0.39, 0.29) is 6.61 Å². The zero-order valence-corrected chi connectivity index (χ0v) is 10.8. The van der Waals surface area contributed by atoms with Crippen LogP contribution in [0.4, 0.5) is 0 Å². The van der Waals surface area contributed by atoms with Crippen molar-refractivity contribution in [2.75, 3.05) is 31.2 Å². The van der Waals surface area contributed by atoms with Crippen molar-refractivity contribution in [1.29, 1.82) is 0 Å². The van der Waals surface area contributed by atoms with Gasteiger partial charge in [0.15, 0.2) is 0 Å². The van der Waals surface area contributed by atoms with Gasteiger partial charge < -0.3 is 15.2 Å². The Morgan fingerprint density at radius 3 is 2.88 bits per heavy atom. The summed E-state index contributed by atoms with van der Waals surface area (Å²) in [7, 11) is 0. The van der Waals surface area contributed by atoms with Crippen molar-refractivity contribution in [3.05, 3.63) is 12.2 Å². The highest BCUT2D eigenvalue weighted by molar-refractivity contribution is 7.99. The first kappa shape index (κ1) is 15.5. The Kier molecular flexibility index (Phi) is 9.37. The van der Waals surface area contributed by atoms with Gasteiger partial charge in [-0.25, -0.2) is 4.79 Å². The molecule has 0 amide bonds. The summed E-state index contributed by atoms with van der Waals surface area (Å²) in [5.74, 6) is 1.66. The van der Waals surface area contributed by atoms with Crippen LogP contribution in [-0.4, -0.2) is 48.4 Å². The second-order valence-corrected chi connectivity index (χ2v) is 4.83. The van der Waals surface area contributed by atoms with E-state index in [9.17, 15) is 9.90 Å². The second-order valence-electron chi connectivity index (χ2n) is 3.43. The third kappa shape index (κ3) is 8.76. The van der Waals surface area contributed by atoms with Gasteiger partial charge in [0.05, 0.1) is 0 Å². The number of carbonyl (C=O) groups is 1. The van der Waals surface area contributed by atoms with Crippen LogP contribution in [0.15, 0.2) is 12.2 Å².